The number of aliphatic imine (C=N–C) groups is 1. The average Bonchev–Trinajstić information content (AvgIpc) is 2.31. The van der Waals surface area contributed by atoms with E-state index in [1.807, 2.05) is 0 Å². The van der Waals surface area contributed by atoms with Crippen LogP contribution in [-0.2, 0) is 4.74 Å². The van der Waals surface area contributed by atoms with Crippen molar-refractivity contribution >= 4 is 23.5 Å². The summed E-state index contributed by atoms with van der Waals surface area (Å²) in [7, 11) is 0. The number of cyclic esters (lactones) is 1. The number of carbonyl (C=O) groups excluding carboxylic acids is 1. The summed E-state index contributed by atoms with van der Waals surface area (Å²) in [6, 6.07) is 0. The van der Waals surface area contributed by atoms with Crippen LogP contribution in [-0.4, -0.2) is 36.0 Å². The van der Waals surface area contributed by atoms with Crippen LogP contribution in [0.4, 0.5) is 4.79 Å². The maximum absolute atomic E-state index is 10.7. The van der Waals surface area contributed by atoms with Gasteiger partial charge in [0.05, 0.1) is 11.7 Å². The average molecular weight is 158 g/mol. The van der Waals surface area contributed by atoms with Gasteiger partial charge in [-0.15, -0.1) is 0 Å². The molecule has 0 N–H and O–H groups in total. The molecule has 1 fully saturated rings. The van der Waals surface area contributed by atoms with Crippen molar-refractivity contribution in [2.45, 2.75) is 0 Å². The third-order valence-electron chi connectivity index (χ3n) is 1.15. The Morgan fingerprint density at radius 3 is 3.20 bits per heavy atom. The van der Waals surface area contributed by atoms with E-state index < -0.39 is 0 Å². The van der Waals surface area contributed by atoms with Crippen molar-refractivity contribution < 1.29 is 9.53 Å². The topological polar surface area (TPSA) is 41.9 Å². The highest BCUT2D eigenvalue weighted by Crippen LogP contribution is 2.01. The normalized spacial score (nSPS) is 16.4. The van der Waals surface area contributed by atoms with Gasteiger partial charge in [-0.05, 0) is 12.2 Å². The maximum Gasteiger partial charge on any atom is 0.411 e. The lowest BCUT2D eigenvalue weighted by Crippen LogP contribution is -2.23. The Labute approximate surface area is 63.5 Å². The molecule has 1 aliphatic heterocycles. The van der Waals surface area contributed by atoms with Crippen molar-refractivity contribution in [3.63, 3.8) is 0 Å². The summed E-state index contributed by atoms with van der Waals surface area (Å²) in [6.07, 6.45) is -0.325. The zero-order valence-electron chi connectivity index (χ0n) is 5.24. The molecule has 0 radical (unpaired) electrons. The molecule has 0 spiro atoms. The molecular formula is C5H6N2O2S. The molecule has 0 unspecified atom stereocenters. The number of thiocarbonyl (C=S) groups is 1. The second-order valence-corrected chi connectivity index (χ2v) is 1.95. The summed E-state index contributed by atoms with van der Waals surface area (Å²) < 4.78 is 4.63. The predicted octanol–water partition coefficient (Wildman–Crippen LogP) is 0.499. The Balaban J connectivity index is 2.40. The van der Waals surface area contributed by atoms with E-state index in [2.05, 4.69) is 27.1 Å². The van der Waals surface area contributed by atoms with Crippen LogP contribution >= 0.6 is 12.2 Å². The summed E-state index contributed by atoms with van der Waals surface area (Å²) in [5.41, 5.74) is 0. The molecule has 1 aliphatic rings. The van der Waals surface area contributed by atoms with Gasteiger partial charge in [0.15, 0.2) is 0 Å². The molecule has 0 aliphatic carbocycles. The Hall–Kier alpha value is -0.930. The van der Waals surface area contributed by atoms with Gasteiger partial charge in [-0.2, -0.15) is 0 Å². The number of hydrogen-bond donors (Lipinski definition) is 0. The summed E-state index contributed by atoms with van der Waals surface area (Å²) in [5, 5.41) is 2.17. The molecule has 0 aromatic carbocycles. The molecule has 4 nitrogen and oxygen atoms in total. The van der Waals surface area contributed by atoms with Crippen LogP contribution in [0.3, 0.4) is 0 Å². The second-order valence-electron chi connectivity index (χ2n) is 1.77. The van der Waals surface area contributed by atoms with Gasteiger partial charge >= 0.3 is 6.09 Å². The molecule has 1 heterocycles. The van der Waals surface area contributed by atoms with Crippen LogP contribution in [0.2, 0.25) is 0 Å². The van der Waals surface area contributed by atoms with Crippen LogP contribution < -0.4 is 0 Å². The quantitative estimate of drug-likeness (QED) is 0.434. The summed E-state index contributed by atoms with van der Waals surface area (Å²) >= 11 is 4.33. The fraction of sp³-hybridized carbons (Fsp3) is 0.600. The SMILES string of the molecule is O=C1OCCN1CN=C=S. The zero-order chi connectivity index (χ0) is 7.40. The highest BCUT2D eigenvalue weighted by molar-refractivity contribution is 7.78. The third kappa shape index (κ3) is 1.52. The van der Waals surface area contributed by atoms with Crippen LogP contribution in [0, 0.1) is 0 Å². The van der Waals surface area contributed by atoms with Crippen molar-refractivity contribution in [2.75, 3.05) is 19.8 Å². The van der Waals surface area contributed by atoms with Gasteiger partial charge in [0.2, 0.25) is 0 Å². The van der Waals surface area contributed by atoms with E-state index in [1.165, 1.54) is 4.90 Å². The molecule has 0 aromatic heterocycles. The lowest BCUT2D eigenvalue weighted by Gasteiger charge is -2.05. The van der Waals surface area contributed by atoms with Gasteiger partial charge in [0, 0.05) is 0 Å². The first-order valence-corrected chi connectivity index (χ1v) is 3.21. The number of nitrogens with zero attached hydrogens (tertiary/aromatic N) is 2. The van der Waals surface area contributed by atoms with Crippen LogP contribution in [0.5, 0.6) is 0 Å². The van der Waals surface area contributed by atoms with Crippen LogP contribution in [0.15, 0.2) is 4.99 Å². The molecule has 1 rings (SSSR count). The minimum Gasteiger partial charge on any atom is -0.447 e. The highest BCUT2D eigenvalue weighted by Gasteiger charge is 2.20. The van der Waals surface area contributed by atoms with E-state index in [-0.39, 0.29) is 12.8 Å². The molecule has 0 saturated carbocycles. The first kappa shape index (κ1) is 7.18. The van der Waals surface area contributed by atoms with Gasteiger partial charge in [-0.25, -0.2) is 9.79 Å². The minimum absolute atomic E-state index is 0.266. The van der Waals surface area contributed by atoms with Gasteiger partial charge in [0.25, 0.3) is 0 Å². The minimum atomic E-state index is -0.325. The molecule has 54 valence electrons. The van der Waals surface area contributed by atoms with Crippen molar-refractivity contribution in [3.05, 3.63) is 0 Å². The predicted molar refractivity (Wildman–Crippen MR) is 37.9 cm³/mol. The van der Waals surface area contributed by atoms with Gasteiger partial charge in [-0.1, -0.05) is 0 Å². The summed E-state index contributed by atoms with van der Waals surface area (Å²) in [4.78, 5) is 15.7. The molecule has 1 amide bonds. The molecule has 0 aromatic rings. The van der Waals surface area contributed by atoms with E-state index in [0.717, 1.165) is 0 Å². The molecular weight excluding hydrogens is 152 g/mol. The molecule has 0 atom stereocenters. The van der Waals surface area contributed by atoms with Gasteiger partial charge in [0.1, 0.15) is 13.3 Å². The number of rotatable bonds is 2. The Bertz CT molecular complexity index is 188. The van der Waals surface area contributed by atoms with Gasteiger partial charge in [-0.3, -0.25) is 4.90 Å². The second kappa shape index (κ2) is 3.29. The first-order valence-electron chi connectivity index (χ1n) is 2.80. The smallest absolute Gasteiger partial charge is 0.411 e. The van der Waals surface area contributed by atoms with Crippen molar-refractivity contribution in [3.8, 4) is 0 Å². The number of carbonyl (C=O) groups is 1. The standard InChI is InChI=1S/C5H6N2O2S/c8-5-7(1-2-9-5)3-6-4-10/h1-3H2. The first-order chi connectivity index (χ1) is 4.84. The monoisotopic (exact) mass is 158 g/mol. The lowest BCUT2D eigenvalue weighted by molar-refractivity contribution is 0.159. The van der Waals surface area contributed by atoms with E-state index in [9.17, 15) is 4.79 Å². The maximum atomic E-state index is 10.7. The number of ether oxygens (including phenoxy) is 1. The Kier molecular flexibility index (Phi) is 2.36. The summed E-state index contributed by atoms with van der Waals surface area (Å²) in [5.74, 6) is 0. The largest absolute Gasteiger partial charge is 0.447 e. The van der Waals surface area contributed by atoms with Crippen molar-refractivity contribution in [1.29, 1.82) is 0 Å². The fourth-order valence-electron chi connectivity index (χ4n) is 0.668. The van der Waals surface area contributed by atoms with Crippen molar-refractivity contribution in [2.24, 2.45) is 4.99 Å². The third-order valence-corrected chi connectivity index (χ3v) is 1.28. The molecule has 0 bridgehead atoms. The lowest BCUT2D eigenvalue weighted by atomic mass is 10.6. The van der Waals surface area contributed by atoms with E-state index >= 15 is 0 Å². The van der Waals surface area contributed by atoms with Crippen LogP contribution in [0.25, 0.3) is 0 Å². The molecule has 1 saturated heterocycles. The Morgan fingerprint density at radius 2 is 2.70 bits per heavy atom. The molecule has 5 heteroatoms. The number of amides is 1. The number of hydrogen-bond acceptors (Lipinski definition) is 4. The van der Waals surface area contributed by atoms with Crippen molar-refractivity contribution in [1.82, 2.24) is 4.90 Å². The van der Waals surface area contributed by atoms with Gasteiger partial charge < -0.3 is 4.74 Å². The molecule has 10 heavy (non-hydrogen) atoms. The Morgan fingerprint density at radius 1 is 1.90 bits per heavy atom. The van der Waals surface area contributed by atoms with E-state index in [4.69, 9.17) is 0 Å². The van der Waals surface area contributed by atoms with E-state index in [1.54, 1.807) is 0 Å². The summed E-state index contributed by atoms with van der Waals surface area (Å²) in [6.45, 7) is 1.31. The van der Waals surface area contributed by atoms with E-state index in [0.29, 0.717) is 13.2 Å². The fourth-order valence-corrected chi connectivity index (χ4v) is 0.726. The zero-order valence-corrected chi connectivity index (χ0v) is 6.06. The highest BCUT2D eigenvalue weighted by atomic mass is 32.1. The van der Waals surface area contributed by atoms with Crippen LogP contribution in [0.1, 0.15) is 0 Å². The number of isothiocyanates is 1.